The SMILES string of the molecule is CO[C@@]1(O)C(=O)C=C2C(=CC[C@H]3[C@@]2(C)CC[C@@]2(C)[C@@H]4C[C@@H](C)C(=O)C[C@]4(C)CC[C@]32C)[C@@]1(C)OC. The van der Waals surface area contributed by atoms with Gasteiger partial charge in [-0.3, -0.25) is 9.59 Å². The third-order valence-electron chi connectivity index (χ3n) is 12.5. The predicted octanol–water partition coefficient (Wildman–Crippen LogP) is 5.41. The molecule has 9 atom stereocenters. The summed E-state index contributed by atoms with van der Waals surface area (Å²) < 4.78 is 11.3. The summed E-state index contributed by atoms with van der Waals surface area (Å²) in [5.74, 6) is -0.980. The molecule has 0 radical (unpaired) electrons. The van der Waals surface area contributed by atoms with Crippen molar-refractivity contribution in [2.24, 2.45) is 39.4 Å². The van der Waals surface area contributed by atoms with Crippen LogP contribution in [0.1, 0.15) is 86.5 Å². The van der Waals surface area contributed by atoms with Crippen LogP contribution in [-0.2, 0) is 19.1 Å². The number of Topliss-reactive ketones (excluding diaryl/α,β-unsaturated/α-hetero) is 1. The van der Waals surface area contributed by atoms with E-state index < -0.39 is 17.2 Å². The smallest absolute Gasteiger partial charge is 0.264 e. The topological polar surface area (TPSA) is 72.8 Å². The van der Waals surface area contributed by atoms with E-state index in [0.717, 1.165) is 56.1 Å². The van der Waals surface area contributed by atoms with Gasteiger partial charge in [-0.15, -0.1) is 0 Å². The first kappa shape index (κ1) is 25.4. The van der Waals surface area contributed by atoms with Gasteiger partial charge in [-0.05, 0) is 96.2 Å². The molecule has 0 aromatic heterocycles. The summed E-state index contributed by atoms with van der Waals surface area (Å²) >= 11 is 0. The Hall–Kier alpha value is -1.30. The monoisotopic (exact) mass is 484 g/mol. The molecule has 0 heterocycles. The summed E-state index contributed by atoms with van der Waals surface area (Å²) in [6.07, 6.45) is 10.7. The van der Waals surface area contributed by atoms with Gasteiger partial charge in [0.15, 0.2) is 5.60 Å². The fourth-order valence-electron chi connectivity index (χ4n) is 9.79. The number of allylic oxidation sites excluding steroid dienone is 1. The van der Waals surface area contributed by atoms with Gasteiger partial charge in [0.05, 0.1) is 0 Å². The van der Waals surface area contributed by atoms with Crippen molar-refractivity contribution < 1.29 is 24.2 Å². The van der Waals surface area contributed by atoms with E-state index in [0.29, 0.717) is 17.6 Å². The van der Waals surface area contributed by atoms with Crippen molar-refractivity contribution in [2.45, 2.75) is 97.9 Å². The molecule has 35 heavy (non-hydrogen) atoms. The second-order valence-electron chi connectivity index (χ2n) is 13.7. The number of hydrogen-bond donors (Lipinski definition) is 1. The summed E-state index contributed by atoms with van der Waals surface area (Å²) in [6.45, 7) is 13.6. The fourth-order valence-corrected chi connectivity index (χ4v) is 9.79. The van der Waals surface area contributed by atoms with Crippen molar-refractivity contribution in [3.8, 4) is 0 Å². The molecule has 5 aliphatic rings. The van der Waals surface area contributed by atoms with Crippen molar-refractivity contribution in [1.82, 2.24) is 0 Å². The van der Waals surface area contributed by atoms with E-state index in [1.165, 1.54) is 7.11 Å². The Morgan fingerprint density at radius 2 is 1.51 bits per heavy atom. The first-order valence-corrected chi connectivity index (χ1v) is 13.5. The number of rotatable bonds is 2. The first-order chi connectivity index (χ1) is 16.2. The van der Waals surface area contributed by atoms with Crippen molar-refractivity contribution in [2.75, 3.05) is 14.2 Å². The number of carbonyl (C=O) groups is 2. The maximum atomic E-state index is 13.3. The zero-order valence-corrected chi connectivity index (χ0v) is 22.9. The third-order valence-corrected chi connectivity index (χ3v) is 12.5. The predicted molar refractivity (Wildman–Crippen MR) is 134 cm³/mol. The van der Waals surface area contributed by atoms with Crippen LogP contribution in [0, 0.1) is 39.4 Å². The van der Waals surface area contributed by atoms with Crippen LogP contribution in [0.25, 0.3) is 0 Å². The van der Waals surface area contributed by atoms with Crippen LogP contribution in [0.15, 0.2) is 23.3 Å². The molecule has 5 heteroatoms. The van der Waals surface area contributed by atoms with Gasteiger partial charge in [0, 0.05) is 26.6 Å². The molecule has 3 saturated carbocycles. The van der Waals surface area contributed by atoms with Gasteiger partial charge in [0.25, 0.3) is 5.79 Å². The van der Waals surface area contributed by atoms with Gasteiger partial charge >= 0.3 is 0 Å². The van der Waals surface area contributed by atoms with Crippen molar-refractivity contribution >= 4 is 11.6 Å². The molecule has 0 spiro atoms. The fraction of sp³-hybridized carbons (Fsp3) is 0.800. The van der Waals surface area contributed by atoms with Gasteiger partial charge < -0.3 is 14.6 Å². The zero-order valence-electron chi connectivity index (χ0n) is 22.9. The number of methoxy groups -OCH3 is 2. The molecule has 0 saturated heterocycles. The first-order valence-electron chi connectivity index (χ1n) is 13.5. The molecule has 1 N–H and O–H groups in total. The van der Waals surface area contributed by atoms with Crippen molar-refractivity contribution in [3.63, 3.8) is 0 Å². The quantitative estimate of drug-likeness (QED) is 0.531. The van der Waals surface area contributed by atoms with Crippen LogP contribution in [0.5, 0.6) is 0 Å². The molecule has 0 aromatic carbocycles. The maximum absolute atomic E-state index is 13.3. The van der Waals surface area contributed by atoms with Gasteiger partial charge in [-0.2, -0.15) is 0 Å². The van der Waals surface area contributed by atoms with Crippen LogP contribution in [-0.4, -0.2) is 42.3 Å². The van der Waals surface area contributed by atoms with E-state index in [-0.39, 0.29) is 27.6 Å². The molecular weight excluding hydrogens is 440 g/mol. The van der Waals surface area contributed by atoms with E-state index in [2.05, 4.69) is 40.7 Å². The number of carbonyl (C=O) groups excluding carboxylic acids is 2. The van der Waals surface area contributed by atoms with E-state index in [1.807, 2.05) is 0 Å². The highest BCUT2D eigenvalue weighted by molar-refractivity contribution is 6.01. The maximum Gasteiger partial charge on any atom is 0.264 e. The van der Waals surface area contributed by atoms with Crippen molar-refractivity contribution in [3.05, 3.63) is 23.3 Å². The Bertz CT molecular complexity index is 1040. The van der Waals surface area contributed by atoms with E-state index in [9.17, 15) is 14.7 Å². The summed E-state index contributed by atoms with van der Waals surface area (Å²) in [7, 11) is 2.91. The molecule has 3 fully saturated rings. The van der Waals surface area contributed by atoms with Crippen molar-refractivity contribution in [1.29, 1.82) is 0 Å². The van der Waals surface area contributed by atoms with E-state index in [1.54, 1.807) is 20.1 Å². The lowest BCUT2D eigenvalue weighted by molar-refractivity contribution is -0.261. The largest absolute Gasteiger partial charge is 0.368 e. The molecule has 0 bridgehead atoms. The van der Waals surface area contributed by atoms with Gasteiger partial charge in [0.2, 0.25) is 5.78 Å². The molecule has 0 unspecified atom stereocenters. The molecular formula is C30H44O5. The Labute approximate surface area is 210 Å². The Kier molecular flexibility index (Phi) is 5.35. The molecule has 5 aliphatic carbocycles. The highest BCUT2D eigenvalue weighted by Crippen LogP contribution is 2.75. The second-order valence-corrected chi connectivity index (χ2v) is 13.7. The second kappa shape index (κ2) is 7.39. The molecule has 0 aliphatic heterocycles. The van der Waals surface area contributed by atoms with Crippen LogP contribution in [0.3, 0.4) is 0 Å². The summed E-state index contributed by atoms with van der Waals surface area (Å²) in [6, 6.07) is 0. The minimum atomic E-state index is -2.04. The van der Waals surface area contributed by atoms with Gasteiger partial charge in [0.1, 0.15) is 5.78 Å². The van der Waals surface area contributed by atoms with Crippen LogP contribution < -0.4 is 0 Å². The zero-order chi connectivity index (χ0) is 25.8. The number of ketones is 2. The Morgan fingerprint density at radius 1 is 0.886 bits per heavy atom. The van der Waals surface area contributed by atoms with Crippen LogP contribution >= 0.6 is 0 Å². The molecule has 194 valence electrons. The minimum Gasteiger partial charge on any atom is -0.368 e. The van der Waals surface area contributed by atoms with Crippen LogP contribution in [0.4, 0.5) is 0 Å². The number of fused-ring (bicyclic) bond motifs is 7. The standard InChI is InChI=1S/C30H44O5/c1-18-15-23-25(2,17-21(18)31)11-13-27(4)22-10-9-19-20(26(22,3)12-14-28(23,27)5)16-24(32)30(33,35-8)29(19,6)34-7/h9,16,18,22-23,33H,10-15,17H2,1-8H3/t18-,22+,23-,25+,26+,27-,28+,29-,30+/m1/s1. The lowest BCUT2D eigenvalue weighted by Crippen LogP contribution is -2.67. The highest BCUT2D eigenvalue weighted by Gasteiger charge is 2.70. The van der Waals surface area contributed by atoms with Crippen LogP contribution in [0.2, 0.25) is 0 Å². The molecule has 5 nitrogen and oxygen atoms in total. The summed E-state index contributed by atoms with van der Waals surface area (Å²) in [5.41, 5.74) is 0.789. The summed E-state index contributed by atoms with van der Waals surface area (Å²) in [5, 5.41) is 11.3. The molecule has 5 rings (SSSR count). The number of hydrogen-bond acceptors (Lipinski definition) is 5. The normalized spacial score (nSPS) is 53.6. The molecule has 0 amide bonds. The minimum absolute atomic E-state index is 0.0882. The summed E-state index contributed by atoms with van der Waals surface area (Å²) in [4.78, 5) is 26.1. The van der Waals surface area contributed by atoms with E-state index in [4.69, 9.17) is 9.47 Å². The number of aliphatic hydroxyl groups is 1. The number of ether oxygens (including phenoxy) is 2. The lowest BCUT2D eigenvalue weighted by Gasteiger charge is -2.71. The van der Waals surface area contributed by atoms with Gasteiger partial charge in [-0.25, -0.2) is 0 Å². The Balaban J connectivity index is 1.62. The average Bonchev–Trinajstić information content (AvgIpc) is 2.81. The molecule has 0 aromatic rings. The Morgan fingerprint density at radius 3 is 2.14 bits per heavy atom. The third kappa shape index (κ3) is 2.81. The highest BCUT2D eigenvalue weighted by atomic mass is 16.7. The lowest BCUT2D eigenvalue weighted by atomic mass is 9.33. The van der Waals surface area contributed by atoms with E-state index >= 15 is 0 Å². The average molecular weight is 485 g/mol. The van der Waals surface area contributed by atoms with Gasteiger partial charge in [-0.1, -0.05) is 40.7 Å².